The zero-order chi connectivity index (χ0) is 21.0. The average Bonchev–Trinajstić information content (AvgIpc) is 3.11. The first kappa shape index (κ1) is 25.2. The highest BCUT2D eigenvalue weighted by Crippen LogP contribution is 2.71. The predicted octanol–water partition coefficient (Wildman–Crippen LogP) is 5.33. The highest BCUT2D eigenvalue weighted by atomic mass is 32.2. The fourth-order valence-corrected chi connectivity index (χ4v) is 7.06. The lowest BCUT2D eigenvalue weighted by Crippen LogP contribution is -2.29. The molecule has 0 spiro atoms. The van der Waals surface area contributed by atoms with Crippen LogP contribution < -0.4 is 0 Å². The minimum Gasteiger partial charge on any atom is -0.466 e. The van der Waals surface area contributed by atoms with Gasteiger partial charge in [-0.25, -0.2) is 0 Å². The van der Waals surface area contributed by atoms with E-state index in [0.29, 0.717) is 17.3 Å². The second-order valence-electron chi connectivity index (χ2n) is 6.00. The average molecular weight is 437 g/mol. The molecule has 0 radical (unpaired) electrons. The van der Waals surface area contributed by atoms with Gasteiger partial charge in [0.2, 0.25) is 0 Å². The van der Waals surface area contributed by atoms with E-state index in [0.717, 1.165) is 12.8 Å². The van der Waals surface area contributed by atoms with Crippen molar-refractivity contribution in [2.75, 3.05) is 32.7 Å². The van der Waals surface area contributed by atoms with E-state index in [-0.39, 0.29) is 32.8 Å². The molecule has 162 valence electrons. The van der Waals surface area contributed by atoms with Gasteiger partial charge in [-0.05, 0) is 45.1 Å². The lowest BCUT2D eigenvalue weighted by Gasteiger charge is -2.36. The van der Waals surface area contributed by atoms with Gasteiger partial charge in [-0.3, -0.25) is 9.36 Å². The number of hydrogen-bond donors (Lipinski definition) is 0. The Labute approximate surface area is 172 Å². The van der Waals surface area contributed by atoms with Crippen molar-refractivity contribution >= 4 is 25.3 Å². The van der Waals surface area contributed by atoms with E-state index in [1.54, 1.807) is 40.0 Å². The molecule has 0 aliphatic rings. The number of unbranched alkanes of at least 4 members (excludes halogenated alkanes) is 1. The van der Waals surface area contributed by atoms with Crippen molar-refractivity contribution in [1.29, 1.82) is 0 Å². The number of esters is 1. The van der Waals surface area contributed by atoms with Gasteiger partial charge < -0.3 is 22.9 Å². The molecule has 1 aromatic heterocycles. The largest absolute Gasteiger partial charge is 0.466 e. The summed E-state index contributed by atoms with van der Waals surface area (Å²) in [4.78, 5) is 12.5. The van der Waals surface area contributed by atoms with Gasteiger partial charge in [0, 0.05) is 7.11 Å². The SMILES string of the molecule is CCCCSC(CC(=O)OCC)(c1ccc(COC)o1)P(=O)(OCC)OCC. The van der Waals surface area contributed by atoms with Crippen LogP contribution in [0, 0.1) is 0 Å². The van der Waals surface area contributed by atoms with Crippen LogP contribution in [0.25, 0.3) is 0 Å². The van der Waals surface area contributed by atoms with Gasteiger partial charge in [-0.1, -0.05) is 13.3 Å². The van der Waals surface area contributed by atoms with Crippen LogP contribution in [0.5, 0.6) is 0 Å². The molecule has 0 saturated carbocycles. The quantitative estimate of drug-likeness (QED) is 0.207. The highest BCUT2D eigenvalue weighted by Gasteiger charge is 2.56. The standard InChI is InChI=1S/C19H33O7PS/c1-6-10-13-28-19(14-18(20)23-7-2,27(21,24-8-3)25-9-4)17-12-11-16(26-17)15-22-5/h11-12H,6-10,13-15H2,1-5H3. The summed E-state index contributed by atoms with van der Waals surface area (Å²) in [6.07, 6.45) is 1.68. The van der Waals surface area contributed by atoms with Crippen LogP contribution in [-0.4, -0.2) is 38.7 Å². The lowest BCUT2D eigenvalue weighted by atomic mass is 10.2. The number of carbonyl (C=O) groups excluding carboxylic acids is 1. The maximum Gasteiger partial charge on any atom is 0.354 e. The summed E-state index contributed by atoms with van der Waals surface area (Å²) in [5.41, 5.74) is 0. The maximum atomic E-state index is 14.0. The summed E-state index contributed by atoms with van der Waals surface area (Å²) in [5.74, 6) is 1.14. The van der Waals surface area contributed by atoms with Crippen LogP contribution >= 0.6 is 19.4 Å². The molecule has 1 heterocycles. The molecule has 1 aromatic rings. The second-order valence-corrected chi connectivity index (χ2v) is 9.97. The Hall–Kier alpha value is -0.790. The summed E-state index contributed by atoms with van der Waals surface area (Å²) < 4.78 is 40.3. The molecule has 0 aliphatic carbocycles. The molecule has 0 N–H and O–H groups in total. The van der Waals surface area contributed by atoms with Crippen LogP contribution in [0.2, 0.25) is 0 Å². The predicted molar refractivity (Wildman–Crippen MR) is 111 cm³/mol. The van der Waals surface area contributed by atoms with Gasteiger partial charge in [0.1, 0.15) is 18.1 Å². The maximum absolute atomic E-state index is 14.0. The summed E-state index contributed by atoms with van der Waals surface area (Å²) in [7, 11) is -2.21. The molecule has 1 rings (SSSR count). The summed E-state index contributed by atoms with van der Waals surface area (Å²) in [6.45, 7) is 8.16. The van der Waals surface area contributed by atoms with E-state index >= 15 is 0 Å². The van der Waals surface area contributed by atoms with E-state index < -0.39 is 18.1 Å². The van der Waals surface area contributed by atoms with E-state index in [2.05, 4.69) is 6.92 Å². The fourth-order valence-electron chi connectivity index (χ4n) is 2.71. The van der Waals surface area contributed by atoms with Crippen LogP contribution in [0.3, 0.4) is 0 Å². The van der Waals surface area contributed by atoms with Gasteiger partial charge >= 0.3 is 13.6 Å². The van der Waals surface area contributed by atoms with Crippen molar-refractivity contribution in [3.63, 3.8) is 0 Å². The van der Waals surface area contributed by atoms with Crippen LogP contribution in [-0.2, 0) is 39.0 Å². The Balaban J connectivity index is 3.53. The van der Waals surface area contributed by atoms with E-state index in [1.807, 2.05) is 0 Å². The van der Waals surface area contributed by atoms with Crippen molar-refractivity contribution in [3.05, 3.63) is 23.7 Å². The zero-order valence-corrected chi connectivity index (χ0v) is 19.2. The molecule has 1 unspecified atom stereocenters. The van der Waals surface area contributed by atoms with Crippen molar-refractivity contribution < 1.29 is 32.3 Å². The van der Waals surface area contributed by atoms with E-state index in [1.165, 1.54) is 11.8 Å². The van der Waals surface area contributed by atoms with Gasteiger partial charge in [-0.15, -0.1) is 11.8 Å². The Morgan fingerprint density at radius 3 is 2.36 bits per heavy atom. The topological polar surface area (TPSA) is 84.2 Å². The number of hydrogen-bond acceptors (Lipinski definition) is 8. The lowest BCUT2D eigenvalue weighted by molar-refractivity contribution is -0.143. The second kappa shape index (κ2) is 12.7. The molecular weight excluding hydrogens is 403 g/mol. The number of rotatable bonds is 15. The number of ether oxygens (including phenoxy) is 2. The molecule has 28 heavy (non-hydrogen) atoms. The van der Waals surface area contributed by atoms with Crippen molar-refractivity contribution in [1.82, 2.24) is 0 Å². The molecule has 0 bridgehead atoms. The van der Waals surface area contributed by atoms with Crippen LogP contribution in [0.1, 0.15) is 58.5 Å². The number of furan rings is 1. The first-order valence-electron chi connectivity index (χ1n) is 9.69. The smallest absolute Gasteiger partial charge is 0.354 e. The Morgan fingerprint density at radius 1 is 1.14 bits per heavy atom. The molecule has 0 fully saturated rings. The van der Waals surface area contributed by atoms with Crippen LogP contribution in [0.4, 0.5) is 0 Å². The Morgan fingerprint density at radius 2 is 1.82 bits per heavy atom. The molecule has 1 atom stereocenters. The van der Waals surface area contributed by atoms with E-state index in [4.69, 9.17) is 22.9 Å². The van der Waals surface area contributed by atoms with Gasteiger partial charge in [0.25, 0.3) is 0 Å². The number of methoxy groups -OCH3 is 1. The third kappa shape index (κ3) is 6.36. The molecule has 0 amide bonds. The summed E-state index contributed by atoms with van der Waals surface area (Å²) >= 11 is 1.37. The molecule has 0 aromatic carbocycles. The van der Waals surface area contributed by atoms with E-state index in [9.17, 15) is 9.36 Å². The summed E-state index contributed by atoms with van der Waals surface area (Å²) in [6, 6.07) is 3.47. The highest BCUT2D eigenvalue weighted by molar-refractivity contribution is 8.05. The third-order valence-electron chi connectivity index (χ3n) is 3.90. The van der Waals surface area contributed by atoms with Crippen LogP contribution in [0.15, 0.2) is 16.5 Å². The van der Waals surface area contributed by atoms with Gasteiger partial charge in [0.05, 0.1) is 26.2 Å². The molecule has 0 saturated heterocycles. The number of thioether (sulfide) groups is 1. The zero-order valence-electron chi connectivity index (χ0n) is 17.5. The first-order chi connectivity index (χ1) is 13.4. The molecular formula is C19H33O7PS. The van der Waals surface area contributed by atoms with Gasteiger partial charge in [-0.2, -0.15) is 0 Å². The Bertz CT molecular complexity index is 624. The Kier molecular flexibility index (Phi) is 11.5. The monoisotopic (exact) mass is 436 g/mol. The number of carbonyl (C=O) groups is 1. The third-order valence-corrected chi connectivity index (χ3v) is 8.74. The van der Waals surface area contributed by atoms with Crippen molar-refractivity contribution in [2.45, 2.75) is 58.1 Å². The molecule has 9 heteroatoms. The summed E-state index contributed by atoms with van der Waals surface area (Å²) in [5, 5.41) is 0. The minimum absolute atomic E-state index is 0.174. The normalized spacial score (nSPS) is 14.0. The minimum atomic E-state index is -3.78. The molecule has 0 aliphatic heterocycles. The van der Waals surface area contributed by atoms with Gasteiger partial charge in [0.15, 0.2) is 4.49 Å². The van der Waals surface area contributed by atoms with Crippen molar-refractivity contribution in [2.24, 2.45) is 0 Å². The first-order valence-corrected chi connectivity index (χ1v) is 12.2. The fraction of sp³-hybridized carbons (Fsp3) is 0.737. The van der Waals surface area contributed by atoms with Crippen molar-refractivity contribution in [3.8, 4) is 0 Å². The molecule has 7 nitrogen and oxygen atoms in total.